The molecule has 0 rings (SSSR count). The highest BCUT2D eigenvalue weighted by molar-refractivity contribution is 5.80. The van der Waals surface area contributed by atoms with Gasteiger partial charge in [-0.25, -0.2) is 0 Å². The van der Waals surface area contributed by atoms with Gasteiger partial charge in [0.2, 0.25) is 0 Å². The third-order valence-electron chi connectivity index (χ3n) is 7.14. The van der Waals surface area contributed by atoms with Gasteiger partial charge in [0.05, 0.1) is 25.6 Å². The maximum Gasteiger partial charge on any atom is 0.309 e. The maximum atomic E-state index is 12.9. The molecule has 0 saturated heterocycles. The first kappa shape index (κ1) is 33.9. The van der Waals surface area contributed by atoms with Gasteiger partial charge in [-0.2, -0.15) is 0 Å². The van der Waals surface area contributed by atoms with Crippen molar-refractivity contribution in [1.29, 1.82) is 0 Å². The average Bonchev–Trinajstić information content (AvgIpc) is 2.85. The number of hydrogen-bond acceptors (Lipinski definition) is 4. The van der Waals surface area contributed by atoms with E-state index in [0.717, 1.165) is 51.4 Å². The molecule has 0 N–H and O–H groups in total. The smallest absolute Gasteiger partial charge is 0.309 e. The Morgan fingerprint density at radius 1 is 0.543 bits per heavy atom. The van der Waals surface area contributed by atoms with E-state index in [2.05, 4.69) is 27.7 Å². The number of carbonyl (C=O) groups is 2. The van der Waals surface area contributed by atoms with Gasteiger partial charge in [0.15, 0.2) is 0 Å². The van der Waals surface area contributed by atoms with E-state index in [0.29, 0.717) is 13.2 Å². The van der Waals surface area contributed by atoms with Crippen LogP contribution in [0.1, 0.15) is 163 Å². The second kappa shape index (κ2) is 26.0. The largest absolute Gasteiger partial charge is 0.466 e. The van der Waals surface area contributed by atoms with E-state index in [1.807, 2.05) is 0 Å². The van der Waals surface area contributed by atoms with Gasteiger partial charge >= 0.3 is 11.9 Å². The second-order valence-electron chi connectivity index (χ2n) is 10.6. The Balaban J connectivity index is 4.25. The molecule has 0 bridgehead atoms. The van der Waals surface area contributed by atoms with Gasteiger partial charge in [-0.3, -0.25) is 9.59 Å². The van der Waals surface area contributed by atoms with Crippen molar-refractivity contribution < 1.29 is 19.1 Å². The third-order valence-corrected chi connectivity index (χ3v) is 7.14. The second-order valence-corrected chi connectivity index (χ2v) is 10.6. The lowest BCUT2D eigenvalue weighted by atomic mass is 9.87. The van der Waals surface area contributed by atoms with Crippen LogP contribution in [0, 0.1) is 11.8 Å². The summed E-state index contributed by atoms with van der Waals surface area (Å²) < 4.78 is 11.1. The van der Waals surface area contributed by atoms with Gasteiger partial charge in [-0.05, 0) is 25.2 Å². The van der Waals surface area contributed by atoms with E-state index in [9.17, 15) is 9.59 Å². The summed E-state index contributed by atoms with van der Waals surface area (Å²) in [4.78, 5) is 25.3. The molecule has 208 valence electrons. The first-order chi connectivity index (χ1) is 17.1. The Bertz CT molecular complexity index is 477. The molecular weight excluding hydrogens is 436 g/mol. The zero-order chi connectivity index (χ0) is 26.0. The summed E-state index contributed by atoms with van der Waals surface area (Å²) in [7, 11) is 0. The SMILES string of the molecule is CCCCCCCCCCOC(=O)CC(C(=O)OCCCCCCCCCC)C(C)CCCCC. The summed E-state index contributed by atoms with van der Waals surface area (Å²) in [6.07, 6.45) is 24.0. The topological polar surface area (TPSA) is 52.6 Å². The minimum Gasteiger partial charge on any atom is -0.466 e. The van der Waals surface area contributed by atoms with E-state index in [1.54, 1.807) is 0 Å². The van der Waals surface area contributed by atoms with Crippen molar-refractivity contribution >= 4 is 11.9 Å². The van der Waals surface area contributed by atoms with E-state index < -0.39 is 0 Å². The number of rotatable bonds is 26. The van der Waals surface area contributed by atoms with Gasteiger partial charge in [0, 0.05) is 0 Å². The van der Waals surface area contributed by atoms with Gasteiger partial charge < -0.3 is 9.47 Å². The molecule has 4 nitrogen and oxygen atoms in total. The number of carbonyl (C=O) groups excluding carboxylic acids is 2. The zero-order valence-electron chi connectivity index (χ0n) is 24.1. The van der Waals surface area contributed by atoms with Crippen LogP contribution in [0.15, 0.2) is 0 Å². The lowest BCUT2D eigenvalue weighted by Gasteiger charge is -2.22. The summed E-state index contributed by atoms with van der Waals surface area (Å²) in [5.41, 5.74) is 0. The Kier molecular flexibility index (Phi) is 25.2. The van der Waals surface area contributed by atoms with E-state index in [4.69, 9.17) is 9.47 Å². The summed E-state index contributed by atoms with van der Waals surface area (Å²) in [6, 6.07) is 0. The van der Waals surface area contributed by atoms with Crippen LogP contribution in [0.4, 0.5) is 0 Å². The molecule has 0 aromatic heterocycles. The highest BCUT2D eigenvalue weighted by Crippen LogP contribution is 2.24. The normalized spacial score (nSPS) is 12.9. The molecule has 0 aromatic rings. The standard InChI is InChI=1S/C31H60O4/c1-5-8-11-13-15-17-19-22-25-34-30(32)27-29(28(4)24-21-10-7-3)31(33)35-26-23-20-18-16-14-12-9-6-2/h28-29H,5-27H2,1-4H3. The molecule has 0 fully saturated rings. The molecular formula is C31H60O4. The number of hydrogen-bond donors (Lipinski definition) is 0. The lowest BCUT2D eigenvalue weighted by Crippen LogP contribution is -2.28. The van der Waals surface area contributed by atoms with Crippen molar-refractivity contribution in [2.75, 3.05) is 13.2 Å². The lowest BCUT2D eigenvalue weighted by molar-refractivity contribution is -0.157. The quantitative estimate of drug-likeness (QED) is 0.0883. The molecule has 0 spiro atoms. The van der Waals surface area contributed by atoms with Gasteiger partial charge in [0.1, 0.15) is 0 Å². The average molecular weight is 497 g/mol. The van der Waals surface area contributed by atoms with Crippen molar-refractivity contribution in [2.24, 2.45) is 11.8 Å². The molecule has 0 heterocycles. The van der Waals surface area contributed by atoms with Crippen LogP contribution >= 0.6 is 0 Å². The van der Waals surface area contributed by atoms with Crippen molar-refractivity contribution in [1.82, 2.24) is 0 Å². The minimum atomic E-state index is -0.382. The van der Waals surface area contributed by atoms with Crippen LogP contribution in [-0.4, -0.2) is 25.2 Å². The Morgan fingerprint density at radius 2 is 0.943 bits per heavy atom. The van der Waals surface area contributed by atoms with Crippen LogP contribution in [-0.2, 0) is 19.1 Å². The fraction of sp³-hybridized carbons (Fsp3) is 0.935. The number of ether oxygens (including phenoxy) is 2. The Labute approximate surface area is 218 Å². The molecule has 0 aliphatic carbocycles. The molecule has 0 amide bonds. The minimum absolute atomic E-state index is 0.142. The molecule has 2 atom stereocenters. The van der Waals surface area contributed by atoms with Crippen molar-refractivity contribution in [2.45, 2.75) is 163 Å². The molecule has 4 heteroatoms. The van der Waals surface area contributed by atoms with Crippen LogP contribution in [0.5, 0.6) is 0 Å². The van der Waals surface area contributed by atoms with Crippen LogP contribution < -0.4 is 0 Å². The van der Waals surface area contributed by atoms with Gasteiger partial charge in [0.25, 0.3) is 0 Å². The maximum absolute atomic E-state index is 12.9. The van der Waals surface area contributed by atoms with Crippen molar-refractivity contribution in [3.8, 4) is 0 Å². The highest BCUT2D eigenvalue weighted by Gasteiger charge is 2.29. The van der Waals surface area contributed by atoms with Crippen LogP contribution in [0.2, 0.25) is 0 Å². The van der Waals surface area contributed by atoms with E-state index in [1.165, 1.54) is 77.0 Å². The van der Waals surface area contributed by atoms with Gasteiger partial charge in [-0.15, -0.1) is 0 Å². The molecule has 0 aliphatic heterocycles. The number of unbranched alkanes of at least 4 members (excludes halogenated alkanes) is 16. The monoisotopic (exact) mass is 496 g/mol. The molecule has 0 aromatic carbocycles. The predicted octanol–water partition coefficient (Wildman–Crippen LogP) is 9.58. The first-order valence-corrected chi connectivity index (χ1v) is 15.4. The third kappa shape index (κ3) is 21.9. The Hall–Kier alpha value is -1.06. The Morgan fingerprint density at radius 3 is 1.43 bits per heavy atom. The van der Waals surface area contributed by atoms with E-state index in [-0.39, 0.29) is 30.2 Å². The molecule has 0 saturated carbocycles. The molecule has 0 radical (unpaired) electrons. The van der Waals surface area contributed by atoms with Crippen molar-refractivity contribution in [3.05, 3.63) is 0 Å². The zero-order valence-corrected chi connectivity index (χ0v) is 24.1. The molecule has 35 heavy (non-hydrogen) atoms. The van der Waals surface area contributed by atoms with Crippen LogP contribution in [0.3, 0.4) is 0 Å². The first-order valence-electron chi connectivity index (χ1n) is 15.4. The fourth-order valence-corrected chi connectivity index (χ4v) is 4.61. The summed E-state index contributed by atoms with van der Waals surface area (Å²) in [5, 5.41) is 0. The van der Waals surface area contributed by atoms with Gasteiger partial charge in [-0.1, -0.05) is 137 Å². The van der Waals surface area contributed by atoms with Crippen molar-refractivity contribution in [3.63, 3.8) is 0 Å². The predicted molar refractivity (Wildman–Crippen MR) is 149 cm³/mol. The summed E-state index contributed by atoms with van der Waals surface area (Å²) >= 11 is 0. The molecule has 2 unspecified atom stereocenters. The highest BCUT2D eigenvalue weighted by atomic mass is 16.5. The van der Waals surface area contributed by atoms with E-state index >= 15 is 0 Å². The summed E-state index contributed by atoms with van der Waals surface area (Å²) in [5.74, 6) is -0.694. The van der Waals surface area contributed by atoms with Crippen LogP contribution in [0.25, 0.3) is 0 Å². The number of esters is 2. The molecule has 0 aliphatic rings. The fourth-order valence-electron chi connectivity index (χ4n) is 4.61. The summed E-state index contributed by atoms with van der Waals surface area (Å²) in [6.45, 7) is 9.69.